The van der Waals surface area contributed by atoms with Gasteiger partial charge in [-0.15, -0.1) is 0 Å². The number of ether oxygens (including phenoxy) is 1. The highest BCUT2D eigenvalue weighted by atomic mass is 16.5. The molecule has 1 heterocycles. The van der Waals surface area contributed by atoms with Crippen molar-refractivity contribution in [1.29, 1.82) is 0 Å². The summed E-state index contributed by atoms with van der Waals surface area (Å²) in [5.41, 5.74) is 6.63. The van der Waals surface area contributed by atoms with Crippen LogP contribution in [-0.4, -0.2) is 26.2 Å². The number of carbonyl (C=O) groups excluding carboxylic acids is 1. The lowest BCUT2D eigenvalue weighted by molar-refractivity contribution is 0.0600. The molecule has 5 heteroatoms. The molecule has 0 bridgehead atoms. The Morgan fingerprint density at radius 2 is 1.33 bits per heavy atom. The maximum absolute atomic E-state index is 13.1. The molecule has 42 heavy (non-hydrogen) atoms. The smallest absolute Gasteiger partial charge is 0.343 e. The quantitative estimate of drug-likeness (QED) is 0.0923. The number of aryl methyl sites for hydroxylation is 1. The molecule has 4 rings (SSSR count). The molecule has 0 saturated carbocycles. The first-order chi connectivity index (χ1) is 20.5. The van der Waals surface area contributed by atoms with Gasteiger partial charge in [0.2, 0.25) is 0 Å². The van der Waals surface area contributed by atoms with Gasteiger partial charge in [-0.1, -0.05) is 88.2 Å². The second-order valence-corrected chi connectivity index (χ2v) is 10.5. The predicted molar refractivity (Wildman–Crippen MR) is 176 cm³/mol. The molecule has 4 aromatic rings. The zero-order valence-corrected chi connectivity index (χ0v) is 25.2. The van der Waals surface area contributed by atoms with Crippen molar-refractivity contribution in [3.8, 4) is 0 Å². The minimum Gasteiger partial charge on any atom is -0.465 e. The molecule has 0 amide bonds. The molecule has 0 N–H and O–H groups in total. The van der Waals surface area contributed by atoms with Gasteiger partial charge in [-0.25, -0.2) is 9.59 Å². The molecule has 0 saturated heterocycles. The molecule has 3 aromatic carbocycles. The number of rotatable bonds is 13. The van der Waals surface area contributed by atoms with E-state index in [1.807, 2.05) is 66.8 Å². The molecule has 0 radical (unpaired) electrons. The molecule has 0 unspecified atom stereocenters. The van der Waals surface area contributed by atoms with Gasteiger partial charge in [0.15, 0.2) is 0 Å². The third-order valence-electron chi connectivity index (χ3n) is 7.50. The van der Waals surface area contributed by atoms with Gasteiger partial charge in [0.25, 0.3) is 0 Å². The zero-order valence-electron chi connectivity index (χ0n) is 25.2. The number of esters is 1. The van der Waals surface area contributed by atoms with Gasteiger partial charge in [0, 0.05) is 30.2 Å². The van der Waals surface area contributed by atoms with Crippen LogP contribution in [0.15, 0.2) is 75.9 Å². The average Bonchev–Trinajstić information content (AvgIpc) is 3.02. The van der Waals surface area contributed by atoms with Gasteiger partial charge in [-0.2, -0.15) is 0 Å². The van der Waals surface area contributed by atoms with E-state index in [0.717, 1.165) is 78.5 Å². The number of methoxy groups -OCH3 is 1. The van der Waals surface area contributed by atoms with Crippen LogP contribution in [-0.2, 0) is 11.2 Å². The molecule has 218 valence electrons. The van der Waals surface area contributed by atoms with Crippen molar-refractivity contribution in [3.05, 3.63) is 111 Å². The fourth-order valence-electron chi connectivity index (χ4n) is 5.02. The molecule has 0 aliphatic rings. The van der Waals surface area contributed by atoms with Crippen LogP contribution in [0, 0.1) is 0 Å². The van der Waals surface area contributed by atoms with Crippen molar-refractivity contribution < 1.29 is 13.9 Å². The van der Waals surface area contributed by atoms with Gasteiger partial charge in [-0.05, 0) is 71.9 Å². The summed E-state index contributed by atoms with van der Waals surface area (Å²) in [6.07, 6.45) is 13.2. The van der Waals surface area contributed by atoms with E-state index >= 15 is 0 Å². The van der Waals surface area contributed by atoms with E-state index in [0.29, 0.717) is 16.7 Å². The Kier molecular flexibility index (Phi) is 10.9. The number of unbranched alkanes of at least 4 members (excludes halogenated alkanes) is 2. The normalized spacial score (nSPS) is 11.5. The van der Waals surface area contributed by atoms with Crippen molar-refractivity contribution >= 4 is 46.9 Å². The summed E-state index contributed by atoms with van der Waals surface area (Å²) in [6.45, 7) is 8.52. The van der Waals surface area contributed by atoms with Gasteiger partial charge in [0.05, 0.1) is 18.2 Å². The minimum absolute atomic E-state index is 0.306. The summed E-state index contributed by atoms with van der Waals surface area (Å²) in [7, 11) is 1.38. The first-order valence-corrected chi connectivity index (χ1v) is 15.0. The van der Waals surface area contributed by atoms with E-state index in [9.17, 15) is 9.59 Å². The minimum atomic E-state index is -0.345. The van der Waals surface area contributed by atoms with Crippen LogP contribution >= 0.6 is 0 Å². The number of carbonyl (C=O) groups is 1. The Labute approximate surface area is 249 Å². The van der Waals surface area contributed by atoms with Crippen LogP contribution in [0.1, 0.15) is 84.6 Å². The molecular weight excluding hydrogens is 522 g/mol. The van der Waals surface area contributed by atoms with E-state index in [1.165, 1.54) is 7.11 Å². The molecule has 1 aromatic heterocycles. The second kappa shape index (κ2) is 15.0. The lowest BCUT2D eigenvalue weighted by atomic mass is 10.0. The summed E-state index contributed by atoms with van der Waals surface area (Å²) in [6, 6.07) is 21.7. The number of nitrogens with zero attached hydrogens (tertiary/aromatic N) is 1. The Balaban J connectivity index is 1.52. The van der Waals surface area contributed by atoms with Crippen LogP contribution in [0.25, 0.3) is 35.3 Å². The van der Waals surface area contributed by atoms with Crippen molar-refractivity contribution in [3.63, 3.8) is 0 Å². The molecule has 0 atom stereocenters. The van der Waals surface area contributed by atoms with Gasteiger partial charge in [-0.3, -0.25) is 0 Å². The van der Waals surface area contributed by atoms with Gasteiger partial charge < -0.3 is 14.1 Å². The topological polar surface area (TPSA) is 59.8 Å². The maximum atomic E-state index is 13.1. The van der Waals surface area contributed by atoms with Gasteiger partial charge >= 0.3 is 11.6 Å². The van der Waals surface area contributed by atoms with Crippen LogP contribution in [0.2, 0.25) is 0 Å². The Morgan fingerprint density at radius 1 is 0.786 bits per heavy atom. The van der Waals surface area contributed by atoms with Crippen molar-refractivity contribution in [1.82, 2.24) is 0 Å². The Bertz CT molecular complexity index is 1590. The van der Waals surface area contributed by atoms with Crippen LogP contribution < -0.4 is 10.5 Å². The number of benzene rings is 3. The molecule has 0 aliphatic carbocycles. The van der Waals surface area contributed by atoms with Gasteiger partial charge in [0.1, 0.15) is 5.58 Å². The largest absolute Gasteiger partial charge is 0.465 e. The number of fused-ring (bicyclic) bond motifs is 1. The molecule has 5 nitrogen and oxygen atoms in total. The molecular formula is C37H41NO4. The van der Waals surface area contributed by atoms with E-state index in [-0.39, 0.29) is 11.6 Å². The van der Waals surface area contributed by atoms with Crippen LogP contribution in [0.5, 0.6) is 0 Å². The number of hydrogen-bond donors (Lipinski definition) is 0. The first kappa shape index (κ1) is 30.6. The third kappa shape index (κ3) is 7.67. The van der Waals surface area contributed by atoms with Crippen molar-refractivity contribution in [2.45, 2.75) is 52.9 Å². The second-order valence-electron chi connectivity index (χ2n) is 10.5. The summed E-state index contributed by atoms with van der Waals surface area (Å²) in [4.78, 5) is 27.2. The molecule has 0 fully saturated rings. The number of hydrogen-bond acceptors (Lipinski definition) is 5. The highest BCUT2D eigenvalue weighted by Gasteiger charge is 2.14. The Morgan fingerprint density at radius 3 is 1.86 bits per heavy atom. The van der Waals surface area contributed by atoms with E-state index in [2.05, 4.69) is 37.8 Å². The fourth-order valence-corrected chi connectivity index (χ4v) is 5.02. The standard InChI is InChI=1S/C37H41NO4/c1-5-8-24-38(25-9-6-2)31-21-23-33-32(7-3)34(37(40)42-35(33)26-31)22-18-28-13-10-27(11-14-28)12-15-29-16-19-30(20-17-29)36(39)41-4/h10-23,26H,5-9,24-25H2,1-4H3/b15-12+,22-18+. The summed E-state index contributed by atoms with van der Waals surface area (Å²) < 4.78 is 10.6. The van der Waals surface area contributed by atoms with E-state index in [1.54, 1.807) is 12.1 Å². The first-order valence-electron chi connectivity index (χ1n) is 15.0. The zero-order chi connectivity index (χ0) is 29.9. The number of anilines is 1. The van der Waals surface area contributed by atoms with E-state index < -0.39 is 0 Å². The summed E-state index contributed by atoms with van der Waals surface area (Å²) >= 11 is 0. The third-order valence-corrected chi connectivity index (χ3v) is 7.50. The highest BCUT2D eigenvalue weighted by molar-refractivity contribution is 5.90. The summed E-state index contributed by atoms with van der Waals surface area (Å²) in [5.74, 6) is -0.345. The SMILES string of the molecule is CCCCN(CCCC)c1ccc2c(CC)c(/C=C/c3ccc(/C=C/c4ccc(C(=O)OC)cc4)cc3)c(=O)oc2c1. The summed E-state index contributed by atoms with van der Waals surface area (Å²) in [5, 5.41) is 0.992. The molecule has 0 aliphatic heterocycles. The lowest BCUT2D eigenvalue weighted by Gasteiger charge is -2.25. The van der Waals surface area contributed by atoms with E-state index in [4.69, 9.17) is 9.15 Å². The van der Waals surface area contributed by atoms with Crippen LogP contribution in [0.3, 0.4) is 0 Å². The fraction of sp³-hybridized carbons (Fsp3) is 0.297. The van der Waals surface area contributed by atoms with Crippen molar-refractivity contribution in [2.75, 3.05) is 25.1 Å². The predicted octanol–water partition coefficient (Wildman–Crippen LogP) is 8.89. The maximum Gasteiger partial charge on any atom is 0.343 e. The monoisotopic (exact) mass is 563 g/mol. The van der Waals surface area contributed by atoms with Crippen molar-refractivity contribution in [2.24, 2.45) is 0 Å². The Hall–Kier alpha value is -4.38. The lowest BCUT2D eigenvalue weighted by Crippen LogP contribution is -2.25. The van der Waals surface area contributed by atoms with Crippen LogP contribution in [0.4, 0.5) is 5.69 Å². The highest BCUT2D eigenvalue weighted by Crippen LogP contribution is 2.27. The molecule has 0 spiro atoms. The average molecular weight is 564 g/mol.